The minimum absolute atomic E-state index is 0.0238. The summed E-state index contributed by atoms with van der Waals surface area (Å²) in [5.41, 5.74) is -0.844. The first kappa shape index (κ1) is 11.9. The van der Waals surface area contributed by atoms with Crippen molar-refractivity contribution in [2.75, 3.05) is 5.33 Å². The molecule has 5 heteroatoms. The second-order valence-electron chi connectivity index (χ2n) is 2.67. The molecule has 1 N–H and O–H groups in total. The molecule has 0 heterocycles. The predicted molar refractivity (Wildman–Crippen MR) is 53.8 cm³/mol. The van der Waals surface area contributed by atoms with Crippen LogP contribution >= 0.6 is 15.9 Å². The normalized spacial score (nSPS) is 10.7. The Kier molecular flexibility index (Phi) is 3.64. The van der Waals surface area contributed by atoms with Crippen LogP contribution in [0.25, 0.3) is 0 Å². The van der Waals surface area contributed by atoms with E-state index in [0.29, 0.717) is 5.33 Å². The van der Waals surface area contributed by atoms with Crippen molar-refractivity contribution in [2.24, 2.45) is 0 Å². The average molecular weight is 279 g/mol. The van der Waals surface area contributed by atoms with Crippen LogP contribution in [0.5, 0.6) is 5.75 Å². The Labute approximate surface area is 93.0 Å². The lowest BCUT2D eigenvalue weighted by Crippen LogP contribution is -2.04. The topological polar surface area (TPSA) is 20.2 Å². The predicted octanol–water partition coefficient (Wildman–Crippen LogP) is 3.16. The van der Waals surface area contributed by atoms with E-state index in [1.54, 1.807) is 0 Å². The molecule has 1 rings (SSSR count). The number of rotatable bonds is 0. The summed E-state index contributed by atoms with van der Waals surface area (Å²) in [5.74, 6) is 4.70. The molecule has 0 saturated heterocycles. The van der Waals surface area contributed by atoms with Gasteiger partial charge in [-0.05, 0) is 18.2 Å². The summed E-state index contributed by atoms with van der Waals surface area (Å²) in [4.78, 5) is 0. The number of benzene rings is 1. The smallest absolute Gasteiger partial charge is 0.416 e. The third-order valence-corrected chi connectivity index (χ3v) is 1.89. The number of alkyl halides is 4. The molecule has 0 amide bonds. The molecular weight excluding hydrogens is 273 g/mol. The highest BCUT2D eigenvalue weighted by molar-refractivity contribution is 9.09. The van der Waals surface area contributed by atoms with Crippen LogP contribution in [-0.2, 0) is 6.18 Å². The first-order valence-corrected chi connectivity index (χ1v) is 5.02. The van der Waals surface area contributed by atoms with Gasteiger partial charge in [-0.15, -0.1) is 0 Å². The first-order chi connectivity index (χ1) is 6.95. The third kappa shape index (κ3) is 3.17. The van der Waals surface area contributed by atoms with Crippen molar-refractivity contribution in [1.29, 1.82) is 0 Å². The van der Waals surface area contributed by atoms with E-state index in [2.05, 4.69) is 27.8 Å². The van der Waals surface area contributed by atoms with Crippen LogP contribution in [0.4, 0.5) is 13.2 Å². The fraction of sp³-hybridized carbons (Fsp3) is 0.200. The van der Waals surface area contributed by atoms with Crippen LogP contribution in [0.1, 0.15) is 11.1 Å². The summed E-state index contributed by atoms with van der Waals surface area (Å²) < 4.78 is 36.8. The molecular formula is C10H6BrF3O. The molecule has 80 valence electrons. The summed E-state index contributed by atoms with van der Waals surface area (Å²) in [6.07, 6.45) is -4.42. The number of halogens is 4. The van der Waals surface area contributed by atoms with E-state index in [-0.39, 0.29) is 11.3 Å². The van der Waals surface area contributed by atoms with Crippen molar-refractivity contribution in [3.05, 3.63) is 29.3 Å². The van der Waals surface area contributed by atoms with Gasteiger partial charge in [0.25, 0.3) is 0 Å². The molecule has 0 aromatic heterocycles. The highest BCUT2D eigenvalue weighted by Crippen LogP contribution is 2.31. The van der Waals surface area contributed by atoms with Crippen LogP contribution in [0.15, 0.2) is 18.2 Å². The van der Waals surface area contributed by atoms with Gasteiger partial charge in [-0.2, -0.15) is 13.2 Å². The Morgan fingerprint density at radius 3 is 2.53 bits per heavy atom. The fourth-order valence-electron chi connectivity index (χ4n) is 0.941. The van der Waals surface area contributed by atoms with Crippen molar-refractivity contribution in [1.82, 2.24) is 0 Å². The van der Waals surface area contributed by atoms with E-state index in [1.165, 1.54) is 0 Å². The quantitative estimate of drug-likeness (QED) is 0.571. The molecule has 0 bridgehead atoms. The number of aromatic hydroxyl groups is 1. The molecule has 0 aliphatic heterocycles. The Hall–Kier alpha value is -1.15. The van der Waals surface area contributed by atoms with Crippen LogP contribution < -0.4 is 0 Å². The second kappa shape index (κ2) is 4.58. The van der Waals surface area contributed by atoms with Gasteiger partial charge in [-0.25, -0.2) is 0 Å². The molecule has 0 spiro atoms. The Balaban J connectivity index is 3.17. The molecule has 0 radical (unpaired) electrons. The maximum absolute atomic E-state index is 12.3. The standard InChI is InChI=1S/C10H6BrF3O/c11-5-1-2-7-6-8(10(12,13)14)3-4-9(7)15/h3-4,6,15H,5H2. The minimum atomic E-state index is -4.42. The summed E-state index contributed by atoms with van der Waals surface area (Å²) in [5, 5.41) is 9.58. The van der Waals surface area contributed by atoms with E-state index in [0.717, 1.165) is 18.2 Å². The van der Waals surface area contributed by atoms with Gasteiger partial charge in [0.05, 0.1) is 16.5 Å². The van der Waals surface area contributed by atoms with Crippen molar-refractivity contribution in [3.63, 3.8) is 0 Å². The lowest BCUT2D eigenvalue weighted by atomic mass is 10.1. The second-order valence-corrected chi connectivity index (χ2v) is 3.23. The maximum atomic E-state index is 12.3. The molecule has 0 atom stereocenters. The molecule has 0 aliphatic carbocycles. The van der Waals surface area contributed by atoms with Gasteiger partial charge in [-0.3, -0.25) is 0 Å². The summed E-state index contributed by atoms with van der Waals surface area (Å²) in [7, 11) is 0. The van der Waals surface area contributed by atoms with Crippen molar-refractivity contribution < 1.29 is 18.3 Å². The zero-order valence-corrected chi connectivity index (χ0v) is 8.98. The lowest BCUT2D eigenvalue weighted by molar-refractivity contribution is -0.137. The summed E-state index contributed by atoms with van der Waals surface area (Å²) in [6, 6.07) is 2.63. The number of phenols is 1. The van der Waals surface area contributed by atoms with Gasteiger partial charge in [0.1, 0.15) is 5.75 Å². The third-order valence-electron chi connectivity index (χ3n) is 1.61. The fourth-order valence-corrected chi connectivity index (χ4v) is 1.08. The van der Waals surface area contributed by atoms with Crippen LogP contribution in [0, 0.1) is 11.8 Å². The SMILES string of the molecule is Oc1ccc(C(F)(F)F)cc1C#CCBr. The minimum Gasteiger partial charge on any atom is -0.507 e. The van der Waals surface area contributed by atoms with Gasteiger partial charge in [-0.1, -0.05) is 27.8 Å². The lowest BCUT2D eigenvalue weighted by Gasteiger charge is -2.07. The molecule has 1 nitrogen and oxygen atoms in total. The summed E-state index contributed by atoms with van der Waals surface area (Å²) >= 11 is 3.01. The molecule has 1 aromatic carbocycles. The Morgan fingerprint density at radius 1 is 1.33 bits per heavy atom. The van der Waals surface area contributed by atoms with Gasteiger partial charge in [0, 0.05) is 0 Å². The van der Waals surface area contributed by atoms with E-state index in [9.17, 15) is 18.3 Å². The Bertz CT molecular complexity index is 415. The van der Waals surface area contributed by atoms with Gasteiger partial charge < -0.3 is 5.11 Å². The summed E-state index contributed by atoms with van der Waals surface area (Å²) in [6.45, 7) is 0. The van der Waals surface area contributed by atoms with E-state index in [1.807, 2.05) is 0 Å². The monoisotopic (exact) mass is 278 g/mol. The van der Waals surface area contributed by atoms with Crippen molar-refractivity contribution >= 4 is 15.9 Å². The molecule has 15 heavy (non-hydrogen) atoms. The number of hydrogen-bond donors (Lipinski definition) is 1. The largest absolute Gasteiger partial charge is 0.507 e. The Morgan fingerprint density at radius 2 is 2.00 bits per heavy atom. The molecule has 0 aliphatic rings. The average Bonchev–Trinajstić information content (AvgIpc) is 2.15. The maximum Gasteiger partial charge on any atom is 0.416 e. The molecule has 1 aromatic rings. The van der Waals surface area contributed by atoms with Gasteiger partial charge in [0.15, 0.2) is 0 Å². The zero-order valence-electron chi connectivity index (χ0n) is 7.40. The molecule has 0 unspecified atom stereocenters. The van der Waals surface area contributed by atoms with Crippen molar-refractivity contribution in [3.8, 4) is 17.6 Å². The van der Waals surface area contributed by atoms with E-state index >= 15 is 0 Å². The number of phenolic OH excluding ortho intramolecular Hbond substituents is 1. The van der Waals surface area contributed by atoms with Gasteiger partial charge in [0.2, 0.25) is 0 Å². The van der Waals surface area contributed by atoms with E-state index < -0.39 is 11.7 Å². The van der Waals surface area contributed by atoms with Gasteiger partial charge >= 0.3 is 6.18 Å². The zero-order chi connectivity index (χ0) is 11.5. The molecule has 0 saturated carbocycles. The highest BCUT2D eigenvalue weighted by atomic mass is 79.9. The van der Waals surface area contributed by atoms with Crippen LogP contribution in [0.3, 0.4) is 0 Å². The molecule has 0 fully saturated rings. The van der Waals surface area contributed by atoms with E-state index in [4.69, 9.17) is 0 Å². The van der Waals surface area contributed by atoms with Crippen LogP contribution in [0.2, 0.25) is 0 Å². The first-order valence-electron chi connectivity index (χ1n) is 3.90. The number of hydrogen-bond acceptors (Lipinski definition) is 1. The highest BCUT2D eigenvalue weighted by Gasteiger charge is 2.30. The van der Waals surface area contributed by atoms with Crippen LogP contribution in [-0.4, -0.2) is 10.4 Å². The van der Waals surface area contributed by atoms with Crippen molar-refractivity contribution in [2.45, 2.75) is 6.18 Å².